The van der Waals surface area contributed by atoms with E-state index < -0.39 is 0 Å². The first-order valence-electron chi connectivity index (χ1n) is 4.13. The molecule has 4 aliphatic carbocycles. The molecule has 0 aromatic carbocycles. The van der Waals surface area contributed by atoms with Crippen LogP contribution < -0.4 is 0 Å². The summed E-state index contributed by atoms with van der Waals surface area (Å²) in [6.45, 7) is 0. The molecule has 0 aliphatic heterocycles. The minimum Gasteiger partial charge on any atom is -0.0807 e. The Morgan fingerprint density at radius 3 is 2.78 bits per heavy atom. The van der Waals surface area contributed by atoms with Crippen LogP contribution in [-0.4, -0.2) is 0 Å². The second kappa shape index (κ2) is 0.744. The van der Waals surface area contributed by atoms with Gasteiger partial charge in [0.05, 0.1) is 0 Å². The van der Waals surface area contributed by atoms with Crippen molar-refractivity contribution in [2.45, 2.75) is 19.3 Å². The lowest BCUT2D eigenvalue weighted by Crippen LogP contribution is -2.73. The van der Waals surface area contributed by atoms with Gasteiger partial charge in [-0.1, -0.05) is 11.6 Å². The molecule has 3 saturated carbocycles. The van der Waals surface area contributed by atoms with Gasteiger partial charge in [0, 0.05) is 5.41 Å². The summed E-state index contributed by atoms with van der Waals surface area (Å²) in [4.78, 5) is 0. The number of allylic oxidation sites excluding steroid dienone is 2. The Bertz CT molecular complexity index is 232. The van der Waals surface area contributed by atoms with Gasteiger partial charge in [-0.2, -0.15) is 0 Å². The summed E-state index contributed by atoms with van der Waals surface area (Å²) < 4.78 is 0. The number of hydrogen-bond donors (Lipinski definition) is 0. The number of rotatable bonds is 0. The van der Waals surface area contributed by atoms with Crippen molar-refractivity contribution in [1.29, 1.82) is 0 Å². The van der Waals surface area contributed by atoms with Crippen LogP contribution in [0.4, 0.5) is 0 Å². The second-order valence-corrected chi connectivity index (χ2v) is 4.30. The maximum atomic E-state index is 2.55. The highest BCUT2D eigenvalue weighted by Crippen LogP contribution is 2.84. The van der Waals surface area contributed by atoms with E-state index >= 15 is 0 Å². The minimum absolute atomic E-state index is 0.917. The topological polar surface area (TPSA) is 0 Å². The zero-order valence-corrected chi connectivity index (χ0v) is 5.43. The van der Waals surface area contributed by atoms with Gasteiger partial charge in [-0.05, 0) is 37.0 Å². The lowest BCUT2D eigenvalue weighted by Gasteiger charge is -2.81. The Balaban J connectivity index is 2.01. The van der Waals surface area contributed by atoms with Crippen LogP contribution in [0.2, 0.25) is 0 Å². The maximum absolute atomic E-state index is 2.55. The quantitative estimate of drug-likeness (QED) is 0.426. The summed E-state index contributed by atoms with van der Waals surface area (Å²) in [6.07, 6.45) is 7.19. The average molecular weight is 118 g/mol. The Kier molecular flexibility index (Phi) is 0.314. The van der Waals surface area contributed by atoms with Gasteiger partial charge in [0.2, 0.25) is 0 Å². The van der Waals surface area contributed by atoms with Crippen molar-refractivity contribution in [3.8, 4) is 0 Å². The Morgan fingerprint density at radius 2 is 2.33 bits per heavy atom. The molecule has 46 valence electrons. The van der Waals surface area contributed by atoms with Crippen molar-refractivity contribution in [2.24, 2.45) is 23.2 Å². The molecule has 4 aliphatic rings. The smallest absolute Gasteiger partial charge is 0.00349 e. The van der Waals surface area contributed by atoms with Crippen LogP contribution >= 0.6 is 0 Å². The average Bonchev–Trinajstić information content (AvgIpc) is 1.54. The molecule has 1 spiro atoms. The highest BCUT2D eigenvalue weighted by atomic mass is 14.8. The van der Waals surface area contributed by atoms with Crippen molar-refractivity contribution in [2.75, 3.05) is 0 Å². The predicted molar refractivity (Wildman–Crippen MR) is 34.8 cm³/mol. The van der Waals surface area contributed by atoms with Gasteiger partial charge < -0.3 is 0 Å². The number of hydrogen-bond acceptors (Lipinski definition) is 0. The summed E-state index contributed by atoms with van der Waals surface area (Å²) in [5.74, 6) is 3.45. The van der Waals surface area contributed by atoms with E-state index in [-0.39, 0.29) is 0 Å². The van der Waals surface area contributed by atoms with E-state index in [0.29, 0.717) is 0 Å². The third-order valence-electron chi connectivity index (χ3n) is 4.50. The van der Waals surface area contributed by atoms with Gasteiger partial charge in [-0.25, -0.2) is 0 Å². The molecule has 0 radical (unpaired) electrons. The molecule has 4 atom stereocenters. The van der Waals surface area contributed by atoms with E-state index in [1.807, 2.05) is 5.57 Å². The van der Waals surface area contributed by atoms with Crippen LogP contribution in [0.25, 0.3) is 0 Å². The fourth-order valence-electron chi connectivity index (χ4n) is 4.03. The first-order chi connectivity index (χ1) is 4.42. The van der Waals surface area contributed by atoms with Crippen molar-refractivity contribution in [3.63, 3.8) is 0 Å². The summed E-state index contributed by atoms with van der Waals surface area (Å²) in [7, 11) is 0. The van der Waals surface area contributed by atoms with Gasteiger partial charge in [0.15, 0.2) is 0 Å². The molecule has 0 heterocycles. The summed E-state index contributed by atoms with van der Waals surface area (Å²) in [5, 5.41) is 0. The molecule has 0 heteroatoms. The first kappa shape index (κ1) is 3.80. The van der Waals surface area contributed by atoms with Crippen LogP contribution in [0, 0.1) is 23.2 Å². The highest BCUT2D eigenvalue weighted by Gasteiger charge is 2.76. The van der Waals surface area contributed by atoms with Crippen molar-refractivity contribution >= 4 is 0 Å². The molecule has 0 aromatic rings. The molecule has 0 saturated heterocycles. The molecular formula is C9H10. The SMILES string of the molecule is C1=C2CC3CC4CC1C234. The molecular weight excluding hydrogens is 108 g/mol. The second-order valence-electron chi connectivity index (χ2n) is 4.30. The van der Waals surface area contributed by atoms with E-state index in [4.69, 9.17) is 0 Å². The third-order valence-corrected chi connectivity index (χ3v) is 4.50. The zero-order chi connectivity index (χ0) is 5.64. The fourth-order valence-corrected chi connectivity index (χ4v) is 4.03. The molecule has 0 amide bonds. The Hall–Kier alpha value is -0.260. The van der Waals surface area contributed by atoms with Gasteiger partial charge in [-0.15, -0.1) is 0 Å². The summed E-state index contributed by atoms with van der Waals surface area (Å²) in [6, 6.07) is 0. The molecule has 0 N–H and O–H groups in total. The van der Waals surface area contributed by atoms with Crippen LogP contribution in [0.1, 0.15) is 19.3 Å². The van der Waals surface area contributed by atoms with E-state index in [1.54, 1.807) is 12.8 Å². The van der Waals surface area contributed by atoms with E-state index in [2.05, 4.69) is 6.08 Å². The van der Waals surface area contributed by atoms with Crippen LogP contribution in [0.15, 0.2) is 11.6 Å². The monoisotopic (exact) mass is 118 g/mol. The van der Waals surface area contributed by atoms with Gasteiger partial charge in [-0.3, -0.25) is 0 Å². The zero-order valence-electron chi connectivity index (χ0n) is 5.43. The van der Waals surface area contributed by atoms with Crippen LogP contribution in [-0.2, 0) is 0 Å². The van der Waals surface area contributed by atoms with Crippen LogP contribution in [0.5, 0.6) is 0 Å². The van der Waals surface area contributed by atoms with Crippen molar-refractivity contribution in [1.82, 2.24) is 0 Å². The van der Waals surface area contributed by atoms with Gasteiger partial charge in [0.25, 0.3) is 0 Å². The standard InChI is InChI=1S/C9H10/c1-5-2-7-4-8-3-6(1)9(5,7)8/h1,5,7-8H,2-4H2. The minimum atomic E-state index is 0.917. The van der Waals surface area contributed by atoms with Gasteiger partial charge in [0.1, 0.15) is 0 Å². The summed E-state index contributed by atoms with van der Waals surface area (Å²) >= 11 is 0. The Labute approximate surface area is 54.9 Å². The normalized spacial score (nSPS) is 71.1. The molecule has 4 rings (SSSR count). The van der Waals surface area contributed by atoms with Crippen molar-refractivity contribution in [3.05, 3.63) is 11.6 Å². The maximum Gasteiger partial charge on any atom is 0.00349 e. The molecule has 3 fully saturated rings. The van der Waals surface area contributed by atoms with E-state index in [1.165, 1.54) is 18.3 Å². The largest absolute Gasteiger partial charge is 0.0807 e. The predicted octanol–water partition coefficient (Wildman–Crippen LogP) is 1.97. The summed E-state index contributed by atoms with van der Waals surface area (Å²) in [5.41, 5.74) is 2.78. The van der Waals surface area contributed by atoms with Gasteiger partial charge >= 0.3 is 0 Å². The van der Waals surface area contributed by atoms with Crippen molar-refractivity contribution < 1.29 is 0 Å². The molecule has 9 heavy (non-hydrogen) atoms. The Morgan fingerprint density at radius 1 is 1.33 bits per heavy atom. The fraction of sp³-hybridized carbons (Fsp3) is 0.778. The molecule has 0 nitrogen and oxygen atoms in total. The lowest BCUT2D eigenvalue weighted by molar-refractivity contribution is -0.223. The third kappa shape index (κ3) is 0.161. The highest BCUT2D eigenvalue weighted by molar-refractivity contribution is 5.49. The molecule has 4 unspecified atom stereocenters. The molecule has 0 aromatic heterocycles. The molecule has 0 bridgehead atoms. The first-order valence-corrected chi connectivity index (χ1v) is 4.13. The van der Waals surface area contributed by atoms with E-state index in [0.717, 1.165) is 11.3 Å². The van der Waals surface area contributed by atoms with Crippen LogP contribution in [0.3, 0.4) is 0 Å². The lowest BCUT2D eigenvalue weighted by atomic mass is 9.23. The van der Waals surface area contributed by atoms with E-state index in [9.17, 15) is 0 Å².